The van der Waals surface area contributed by atoms with Crippen molar-refractivity contribution in [2.24, 2.45) is 7.05 Å². The highest BCUT2D eigenvalue weighted by Crippen LogP contribution is 2.07. The zero-order chi connectivity index (χ0) is 10.4. The van der Waals surface area contributed by atoms with Crippen molar-refractivity contribution in [1.29, 1.82) is 0 Å². The summed E-state index contributed by atoms with van der Waals surface area (Å²) in [5.41, 5.74) is 0.704. The first kappa shape index (κ1) is 11.1. The van der Waals surface area contributed by atoms with E-state index < -0.39 is 6.10 Å². The average molecular weight is 200 g/mol. The molecule has 14 heavy (non-hydrogen) atoms. The van der Waals surface area contributed by atoms with E-state index in [1.165, 1.54) is 0 Å². The Morgan fingerprint density at radius 3 is 3.07 bits per heavy atom. The Hall–Kier alpha value is -0.980. The summed E-state index contributed by atoms with van der Waals surface area (Å²) in [6, 6.07) is 0. The molecule has 0 saturated heterocycles. The molecule has 0 spiro atoms. The van der Waals surface area contributed by atoms with Gasteiger partial charge in [-0.05, 0) is 0 Å². The Kier molecular flexibility index (Phi) is 4.51. The zero-order valence-corrected chi connectivity index (χ0v) is 8.47. The minimum Gasteiger partial charge on any atom is -0.385 e. The van der Waals surface area contributed by atoms with E-state index in [2.05, 4.69) is 15.6 Å². The number of hydrogen-bond donors (Lipinski definition) is 2. The van der Waals surface area contributed by atoms with Crippen molar-refractivity contribution in [3.05, 3.63) is 11.9 Å². The van der Waals surface area contributed by atoms with Gasteiger partial charge in [0.2, 0.25) is 0 Å². The van der Waals surface area contributed by atoms with Gasteiger partial charge in [-0.2, -0.15) is 0 Å². The van der Waals surface area contributed by atoms with Crippen LogP contribution in [0.5, 0.6) is 0 Å². The summed E-state index contributed by atoms with van der Waals surface area (Å²) in [5, 5.41) is 20.2. The SMILES string of the molecule is COCCNCC(O)c1cnnn1C. The molecular weight excluding hydrogens is 184 g/mol. The van der Waals surface area contributed by atoms with Crippen LogP contribution in [0.3, 0.4) is 0 Å². The lowest BCUT2D eigenvalue weighted by Crippen LogP contribution is -2.26. The summed E-state index contributed by atoms with van der Waals surface area (Å²) in [4.78, 5) is 0. The fraction of sp³-hybridized carbons (Fsp3) is 0.750. The first-order chi connectivity index (χ1) is 6.75. The topological polar surface area (TPSA) is 72.2 Å². The maximum absolute atomic E-state index is 9.69. The van der Waals surface area contributed by atoms with Gasteiger partial charge in [-0.1, -0.05) is 5.21 Å². The number of methoxy groups -OCH3 is 1. The van der Waals surface area contributed by atoms with Gasteiger partial charge in [-0.3, -0.25) is 0 Å². The van der Waals surface area contributed by atoms with Gasteiger partial charge in [0.25, 0.3) is 0 Å². The van der Waals surface area contributed by atoms with Gasteiger partial charge in [0.1, 0.15) is 6.10 Å². The second-order valence-corrected chi connectivity index (χ2v) is 3.00. The number of rotatable bonds is 6. The lowest BCUT2D eigenvalue weighted by molar-refractivity contribution is 0.154. The molecule has 1 atom stereocenters. The maximum Gasteiger partial charge on any atom is 0.110 e. The van der Waals surface area contributed by atoms with Crippen molar-refractivity contribution >= 4 is 0 Å². The Labute approximate surface area is 82.9 Å². The molecule has 2 N–H and O–H groups in total. The van der Waals surface area contributed by atoms with Crippen molar-refractivity contribution in [2.75, 3.05) is 26.8 Å². The third kappa shape index (κ3) is 3.06. The highest BCUT2D eigenvalue weighted by Gasteiger charge is 2.10. The summed E-state index contributed by atoms with van der Waals surface area (Å²) in [6.07, 6.45) is 0.981. The van der Waals surface area contributed by atoms with Gasteiger partial charge in [-0.15, -0.1) is 5.10 Å². The fourth-order valence-corrected chi connectivity index (χ4v) is 1.12. The van der Waals surface area contributed by atoms with E-state index in [0.29, 0.717) is 18.8 Å². The molecule has 1 rings (SSSR count). The van der Waals surface area contributed by atoms with Gasteiger partial charge in [0.15, 0.2) is 0 Å². The Balaban J connectivity index is 2.28. The van der Waals surface area contributed by atoms with Crippen LogP contribution >= 0.6 is 0 Å². The molecule has 6 heteroatoms. The number of ether oxygens (including phenoxy) is 1. The first-order valence-electron chi connectivity index (χ1n) is 4.48. The standard InChI is InChI=1S/C8H16N4O2/c1-12-7(5-10-11-12)8(13)6-9-3-4-14-2/h5,8-9,13H,3-4,6H2,1-2H3. The number of aryl methyl sites for hydroxylation is 1. The second-order valence-electron chi connectivity index (χ2n) is 3.00. The van der Waals surface area contributed by atoms with Gasteiger partial charge < -0.3 is 15.2 Å². The fourth-order valence-electron chi connectivity index (χ4n) is 1.12. The lowest BCUT2D eigenvalue weighted by atomic mass is 10.2. The van der Waals surface area contributed by atoms with Crippen LogP contribution in [0, 0.1) is 0 Å². The Morgan fingerprint density at radius 1 is 1.71 bits per heavy atom. The van der Waals surface area contributed by atoms with E-state index in [1.807, 2.05) is 0 Å². The largest absolute Gasteiger partial charge is 0.385 e. The predicted octanol–water partition coefficient (Wildman–Crippen LogP) is -0.915. The molecule has 80 valence electrons. The second kappa shape index (κ2) is 5.69. The van der Waals surface area contributed by atoms with Crippen LogP contribution in [-0.2, 0) is 11.8 Å². The highest BCUT2D eigenvalue weighted by molar-refractivity contribution is 4.98. The van der Waals surface area contributed by atoms with E-state index in [-0.39, 0.29) is 0 Å². The third-order valence-electron chi connectivity index (χ3n) is 1.91. The molecule has 0 radical (unpaired) electrons. The molecule has 6 nitrogen and oxygen atoms in total. The van der Waals surface area contributed by atoms with E-state index in [4.69, 9.17) is 4.74 Å². The van der Waals surface area contributed by atoms with E-state index in [1.54, 1.807) is 25.0 Å². The van der Waals surface area contributed by atoms with Crippen molar-refractivity contribution in [3.63, 3.8) is 0 Å². The molecule has 1 aromatic heterocycles. The molecule has 1 aromatic rings. The van der Waals surface area contributed by atoms with Crippen molar-refractivity contribution in [2.45, 2.75) is 6.10 Å². The predicted molar refractivity (Wildman–Crippen MR) is 50.7 cm³/mol. The molecule has 0 aliphatic carbocycles. The van der Waals surface area contributed by atoms with Crippen LogP contribution in [-0.4, -0.2) is 46.9 Å². The van der Waals surface area contributed by atoms with Gasteiger partial charge in [0.05, 0.1) is 18.5 Å². The van der Waals surface area contributed by atoms with Gasteiger partial charge in [0, 0.05) is 27.2 Å². The van der Waals surface area contributed by atoms with Crippen LogP contribution in [0.15, 0.2) is 6.20 Å². The van der Waals surface area contributed by atoms with E-state index >= 15 is 0 Å². The lowest BCUT2D eigenvalue weighted by Gasteiger charge is -2.10. The molecule has 0 aliphatic heterocycles. The van der Waals surface area contributed by atoms with Crippen molar-refractivity contribution in [3.8, 4) is 0 Å². The summed E-state index contributed by atoms with van der Waals surface area (Å²) in [5.74, 6) is 0. The molecule has 0 bridgehead atoms. The minimum atomic E-state index is -0.577. The molecular formula is C8H16N4O2. The third-order valence-corrected chi connectivity index (χ3v) is 1.91. The first-order valence-corrected chi connectivity index (χ1v) is 4.48. The number of aliphatic hydroxyl groups excluding tert-OH is 1. The van der Waals surface area contributed by atoms with Crippen LogP contribution in [0.2, 0.25) is 0 Å². The number of aliphatic hydroxyl groups is 1. The molecule has 1 heterocycles. The molecule has 0 saturated carbocycles. The van der Waals surface area contributed by atoms with Crippen molar-refractivity contribution < 1.29 is 9.84 Å². The van der Waals surface area contributed by atoms with Crippen LogP contribution in [0.1, 0.15) is 11.8 Å². The van der Waals surface area contributed by atoms with Crippen LogP contribution < -0.4 is 5.32 Å². The monoisotopic (exact) mass is 200 g/mol. The molecule has 1 unspecified atom stereocenters. The summed E-state index contributed by atoms with van der Waals surface area (Å²) in [6.45, 7) is 1.83. The quantitative estimate of drug-likeness (QED) is 0.581. The van der Waals surface area contributed by atoms with Gasteiger partial charge in [-0.25, -0.2) is 4.68 Å². The number of aromatic nitrogens is 3. The molecule has 0 fully saturated rings. The van der Waals surface area contributed by atoms with Gasteiger partial charge >= 0.3 is 0 Å². The summed E-state index contributed by atoms with van der Waals surface area (Å²) >= 11 is 0. The normalized spacial score (nSPS) is 13.1. The zero-order valence-electron chi connectivity index (χ0n) is 8.47. The molecule has 0 aliphatic rings. The number of nitrogens with one attached hydrogen (secondary N) is 1. The maximum atomic E-state index is 9.69. The Morgan fingerprint density at radius 2 is 2.50 bits per heavy atom. The summed E-state index contributed by atoms with van der Waals surface area (Å²) in [7, 11) is 3.39. The Bertz CT molecular complexity index is 264. The average Bonchev–Trinajstić information content (AvgIpc) is 2.59. The number of nitrogens with zero attached hydrogens (tertiary/aromatic N) is 3. The van der Waals surface area contributed by atoms with Crippen LogP contribution in [0.4, 0.5) is 0 Å². The van der Waals surface area contributed by atoms with Crippen molar-refractivity contribution in [1.82, 2.24) is 20.3 Å². The molecule has 0 amide bonds. The van der Waals surface area contributed by atoms with E-state index in [9.17, 15) is 5.11 Å². The summed E-state index contributed by atoms with van der Waals surface area (Å²) < 4.78 is 6.42. The molecule has 0 aromatic carbocycles. The van der Waals surface area contributed by atoms with Crippen LogP contribution in [0.25, 0.3) is 0 Å². The smallest absolute Gasteiger partial charge is 0.110 e. The highest BCUT2D eigenvalue weighted by atomic mass is 16.5. The van der Waals surface area contributed by atoms with E-state index in [0.717, 1.165) is 6.54 Å². The number of hydrogen-bond acceptors (Lipinski definition) is 5. The minimum absolute atomic E-state index is 0.477.